The predicted octanol–water partition coefficient (Wildman–Crippen LogP) is 2.75. The van der Waals surface area contributed by atoms with Crippen molar-refractivity contribution in [3.05, 3.63) is 11.9 Å². The topological polar surface area (TPSA) is 0 Å². The average Bonchev–Trinajstić information content (AvgIpc) is 1.64. The van der Waals surface area contributed by atoms with Gasteiger partial charge in [0.25, 0.3) is 0 Å². The predicted molar refractivity (Wildman–Crippen MR) is 24.2 cm³/mol. The molecule has 0 nitrogen and oxygen atoms in total. The van der Waals surface area contributed by atoms with Crippen molar-refractivity contribution in [1.82, 2.24) is 0 Å². The van der Waals surface area contributed by atoms with E-state index in [-0.39, 0.29) is 0 Å². The lowest BCUT2D eigenvalue weighted by Gasteiger charge is -1.89. The quantitative estimate of drug-likeness (QED) is 0.443. The first-order valence-corrected chi connectivity index (χ1v) is 2.46. The zero-order valence-electron chi connectivity index (χ0n) is 3.47. The van der Waals surface area contributed by atoms with Crippen LogP contribution in [0, 0.1) is 0 Å². The summed E-state index contributed by atoms with van der Waals surface area (Å²) in [4.78, 5) is 0. The largest absolute Gasteiger partial charge is 0.305 e. The number of hydrogen-bond acceptors (Lipinski definition) is 0. The molecule has 0 saturated heterocycles. The Balaban J connectivity index is 4.00. The lowest BCUT2D eigenvalue weighted by molar-refractivity contribution is 0.338. The molecule has 0 aromatic rings. The van der Waals surface area contributed by atoms with E-state index in [1.165, 1.54) is 0 Å². The third-order valence-corrected chi connectivity index (χ3v) is 0.774. The molecule has 0 spiro atoms. The molecule has 0 fully saturated rings. The number of hydrogen-bond donors (Lipinski definition) is 0. The van der Waals surface area contributed by atoms with Crippen molar-refractivity contribution < 1.29 is 17.6 Å². The molecule has 48 valence electrons. The highest BCUT2D eigenvalue weighted by atomic mass is 79.9. The second-order valence-electron chi connectivity index (χ2n) is 0.909. The molecule has 0 aliphatic rings. The summed E-state index contributed by atoms with van der Waals surface area (Å²) < 4.78 is 44.5. The molecule has 0 aliphatic carbocycles. The van der Waals surface area contributed by atoms with Crippen molar-refractivity contribution in [2.24, 2.45) is 0 Å². The van der Waals surface area contributed by atoms with Gasteiger partial charge in [0.1, 0.15) is 0 Å². The molecule has 5 heteroatoms. The van der Waals surface area contributed by atoms with Crippen molar-refractivity contribution in [2.75, 3.05) is 0 Å². The van der Waals surface area contributed by atoms with Gasteiger partial charge in [0.15, 0.2) is 0 Å². The maximum atomic E-state index is 11.4. The van der Waals surface area contributed by atoms with Crippen molar-refractivity contribution in [1.29, 1.82) is 0 Å². The SMILES string of the molecule is FC(F)=C(F)C(F)Br. The summed E-state index contributed by atoms with van der Waals surface area (Å²) in [5, 5.41) is -2.38. The molecule has 0 bridgehead atoms. The van der Waals surface area contributed by atoms with Crippen molar-refractivity contribution >= 4 is 15.9 Å². The molecule has 0 heterocycles. The first kappa shape index (κ1) is 7.94. The summed E-state index contributed by atoms with van der Waals surface area (Å²) in [6.07, 6.45) is -2.63. The second kappa shape index (κ2) is 3.06. The van der Waals surface area contributed by atoms with Gasteiger partial charge in [0.05, 0.1) is 0 Å². The minimum absolute atomic E-state index is 1.96. The van der Waals surface area contributed by atoms with Gasteiger partial charge in [-0.3, -0.25) is 0 Å². The molecule has 0 N–H and O–H groups in total. The van der Waals surface area contributed by atoms with Gasteiger partial charge in [0, 0.05) is 0 Å². The summed E-state index contributed by atoms with van der Waals surface area (Å²) in [6, 6.07) is 0. The van der Waals surface area contributed by atoms with Gasteiger partial charge in [-0.15, -0.1) is 0 Å². The van der Waals surface area contributed by atoms with E-state index >= 15 is 0 Å². The van der Waals surface area contributed by atoms with Crippen molar-refractivity contribution in [3.8, 4) is 0 Å². The molecule has 0 amide bonds. The standard InChI is InChI=1S/C3HBrF4/c4-2(6)1(5)3(7)8/h2H. The van der Waals surface area contributed by atoms with Crippen LogP contribution in [0.25, 0.3) is 0 Å². The van der Waals surface area contributed by atoms with E-state index < -0.39 is 17.0 Å². The fraction of sp³-hybridized carbons (Fsp3) is 0.333. The van der Waals surface area contributed by atoms with Gasteiger partial charge in [-0.05, 0) is 15.9 Å². The maximum absolute atomic E-state index is 11.4. The third kappa shape index (κ3) is 2.30. The van der Waals surface area contributed by atoms with Gasteiger partial charge in [-0.25, -0.2) is 8.78 Å². The number of rotatable bonds is 1. The fourth-order valence-corrected chi connectivity index (χ4v) is 0.256. The van der Waals surface area contributed by atoms with Gasteiger partial charge in [-0.1, -0.05) is 0 Å². The van der Waals surface area contributed by atoms with Crippen LogP contribution >= 0.6 is 15.9 Å². The monoisotopic (exact) mass is 192 g/mol. The van der Waals surface area contributed by atoms with E-state index in [9.17, 15) is 17.6 Å². The van der Waals surface area contributed by atoms with Crippen LogP contribution in [-0.2, 0) is 0 Å². The van der Waals surface area contributed by atoms with Gasteiger partial charge in [0.2, 0.25) is 10.9 Å². The highest BCUT2D eigenvalue weighted by molar-refractivity contribution is 9.09. The molecule has 0 saturated carbocycles. The normalized spacial score (nSPS) is 13.1. The Bertz CT molecular complexity index is 104. The van der Waals surface area contributed by atoms with Gasteiger partial charge >= 0.3 is 6.08 Å². The summed E-state index contributed by atoms with van der Waals surface area (Å²) >= 11 is 1.96. The molecule has 0 radical (unpaired) electrons. The summed E-state index contributed by atoms with van der Waals surface area (Å²) in [7, 11) is 0. The summed E-state index contributed by atoms with van der Waals surface area (Å²) in [5.41, 5.74) is 0. The molecular formula is C3HBrF4. The molecule has 8 heavy (non-hydrogen) atoms. The number of allylic oxidation sites excluding steroid dienone is 1. The number of alkyl halides is 2. The van der Waals surface area contributed by atoms with Crippen LogP contribution in [-0.4, -0.2) is 5.08 Å². The van der Waals surface area contributed by atoms with E-state index in [1.54, 1.807) is 0 Å². The fourth-order valence-electron chi connectivity index (χ4n) is 0.0825. The van der Waals surface area contributed by atoms with E-state index in [2.05, 4.69) is 0 Å². The van der Waals surface area contributed by atoms with Gasteiger partial charge in [-0.2, -0.15) is 8.78 Å². The third-order valence-electron chi connectivity index (χ3n) is 0.372. The van der Waals surface area contributed by atoms with Crippen LogP contribution < -0.4 is 0 Å². The van der Waals surface area contributed by atoms with E-state index in [1.807, 2.05) is 15.9 Å². The Kier molecular flexibility index (Phi) is 3.04. The van der Waals surface area contributed by atoms with Crippen LogP contribution in [0.4, 0.5) is 17.6 Å². The Hall–Kier alpha value is -0.0600. The molecule has 0 rings (SSSR count). The van der Waals surface area contributed by atoms with Crippen LogP contribution in [0.2, 0.25) is 0 Å². The van der Waals surface area contributed by atoms with Crippen LogP contribution in [0.3, 0.4) is 0 Å². The Morgan fingerprint density at radius 2 is 1.62 bits per heavy atom. The lowest BCUT2D eigenvalue weighted by atomic mass is 10.6. The molecular weight excluding hydrogens is 192 g/mol. The molecule has 1 atom stereocenters. The second-order valence-corrected chi connectivity index (χ2v) is 1.71. The Morgan fingerprint density at radius 1 is 1.25 bits per heavy atom. The average molecular weight is 193 g/mol. The lowest BCUT2D eigenvalue weighted by Crippen LogP contribution is -1.87. The first-order valence-electron chi connectivity index (χ1n) is 1.54. The van der Waals surface area contributed by atoms with Crippen LogP contribution in [0.5, 0.6) is 0 Å². The van der Waals surface area contributed by atoms with Gasteiger partial charge < -0.3 is 0 Å². The van der Waals surface area contributed by atoms with Crippen LogP contribution in [0.15, 0.2) is 11.9 Å². The highest BCUT2D eigenvalue weighted by Gasteiger charge is 2.13. The summed E-state index contributed by atoms with van der Waals surface area (Å²) in [6.45, 7) is 0. The van der Waals surface area contributed by atoms with Crippen LogP contribution in [0.1, 0.15) is 0 Å². The molecule has 1 unspecified atom stereocenters. The summed E-state index contributed by atoms with van der Waals surface area (Å²) in [5.74, 6) is -2.06. The minimum atomic E-state index is -2.63. The Morgan fingerprint density at radius 3 is 1.62 bits per heavy atom. The van der Waals surface area contributed by atoms with Crippen molar-refractivity contribution in [2.45, 2.75) is 5.08 Å². The minimum Gasteiger partial charge on any atom is -0.227 e. The van der Waals surface area contributed by atoms with E-state index in [4.69, 9.17) is 0 Å². The van der Waals surface area contributed by atoms with Crippen molar-refractivity contribution in [3.63, 3.8) is 0 Å². The Labute approximate surface area is 51.3 Å². The first-order chi connectivity index (χ1) is 3.55. The van der Waals surface area contributed by atoms with E-state index in [0.29, 0.717) is 0 Å². The molecule has 0 aliphatic heterocycles. The molecule has 0 aromatic heterocycles. The zero-order chi connectivity index (χ0) is 6.73. The smallest absolute Gasteiger partial charge is 0.227 e. The zero-order valence-corrected chi connectivity index (χ0v) is 5.05. The maximum Gasteiger partial charge on any atom is 0.305 e. The number of halogens is 5. The molecule has 0 aromatic carbocycles. The van der Waals surface area contributed by atoms with E-state index in [0.717, 1.165) is 0 Å². The highest BCUT2D eigenvalue weighted by Crippen LogP contribution is 2.20.